The number of hydrogen-bond donors (Lipinski definition) is 1. The van der Waals surface area contributed by atoms with E-state index in [0.29, 0.717) is 11.1 Å². The molecule has 0 saturated carbocycles. The van der Waals surface area contributed by atoms with Crippen LogP contribution in [0.25, 0.3) is 0 Å². The Labute approximate surface area is 63.7 Å². The lowest BCUT2D eigenvalue weighted by Gasteiger charge is -1.85. The Morgan fingerprint density at radius 2 is 1.91 bits per heavy atom. The first-order chi connectivity index (χ1) is 5.33. The first-order valence-corrected chi connectivity index (χ1v) is 2.86. The van der Waals surface area contributed by atoms with Crippen LogP contribution in [-0.4, -0.2) is 5.87 Å². The molecular weight excluding hydrogens is 138 g/mol. The molecule has 0 radical (unpaired) electrons. The van der Waals surface area contributed by atoms with Crippen LogP contribution < -0.4 is 0 Å². The van der Waals surface area contributed by atoms with Gasteiger partial charge in [0.25, 0.3) is 0 Å². The van der Waals surface area contributed by atoms with Crippen LogP contribution in [0.1, 0.15) is 0 Å². The van der Waals surface area contributed by atoms with E-state index in [1.807, 2.05) is 12.1 Å². The highest BCUT2D eigenvalue weighted by molar-refractivity contribution is 5.77. The van der Waals surface area contributed by atoms with Crippen molar-refractivity contribution in [3.63, 3.8) is 0 Å². The SMILES string of the molecule is N#CC1=C(C#N)C(=C=N)C=C1. The molecule has 0 fully saturated rings. The largest absolute Gasteiger partial charge is 0.258 e. The molecule has 0 aliphatic heterocycles. The monoisotopic (exact) mass is 141 g/mol. The van der Waals surface area contributed by atoms with Crippen LogP contribution in [0.4, 0.5) is 0 Å². The summed E-state index contributed by atoms with van der Waals surface area (Å²) in [4.78, 5) is 0. The molecule has 11 heavy (non-hydrogen) atoms. The Balaban J connectivity index is 3.33. The van der Waals surface area contributed by atoms with Crippen molar-refractivity contribution in [3.8, 4) is 12.1 Å². The number of nitrogens with zero attached hydrogens (tertiary/aromatic N) is 2. The fourth-order valence-corrected chi connectivity index (χ4v) is 0.796. The van der Waals surface area contributed by atoms with Crippen LogP contribution in [0.5, 0.6) is 0 Å². The van der Waals surface area contributed by atoms with Gasteiger partial charge in [-0.1, -0.05) is 0 Å². The Morgan fingerprint density at radius 3 is 2.36 bits per heavy atom. The molecule has 50 valence electrons. The molecule has 3 heteroatoms. The van der Waals surface area contributed by atoms with Gasteiger partial charge in [0.2, 0.25) is 0 Å². The second-order valence-electron chi connectivity index (χ2n) is 1.88. The zero-order chi connectivity index (χ0) is 8.27. The zero-order valence-electron chi connectivity index (χ0n) is 5.55. The number of nitrogens with one attached hydrogen (secondary N) is 1. The maximum absolute atomic E-state index is 8.53. The van der Waals surface area contributed by atoms with Crippen LogP contribution in [0, 0.1) is 28.1 Å². The van der Waals surface area contributed by atoms with Gasteiger partial charge in [-0.05, 0) is 18.0 Å². The summed E-state index contributed by atoms with van der Waals surface area (Å²) in [6.07, 6.45) is 3.04. The topological polar surface area (TPSA) is 71.4 Å². The average molecular weight is 141 g/mol. The van der Waals surface area contributed by atoms with Gasteiger partial charge in [0, 0.05) is 0 Å². The summed E-state index contributed by atoms with van der Waals surface area (Å²) in [5.74, 6) is 2.08. The fraction of sp³-hybridized carbons (Fsp3) is 0. The molecule has 0 unspecified atom stereocenters. The van der Waals surface area contributed by atoms with E-state index in [-0.39, 0.29) is 5.57 Å². The average Bonchev–Trinajstić information content (AvgIpc) is 2.45. The third-order valence-electron chi connectivity index (χ3n) is 1.32. The molecule has 0 spiro atoms. The molecule has 0 amide bonds. The molecule has 1 N–H and O–H groups in total. The van der Waals surface area contributed by atoms with Gasteiger partial charge in [0.05, 0.1) is 16.7 Å². The molecule has 0 heterocycles. The molecule has 0 aromatic carbocycles. The number of hydrogen-bond acceptors (Lipinski definition) is 3. The molecular formula is C8H3N3. The molecule has 0 aromatic rings. The predicted molar refractivity (Wildman–Crippen MR) is 38.6 cm³/mol. The lowest BCUT2D eigenvalue weighted by atomic mass is 10.1. The highest BCUT2D eigenvalue weighted by Gasteiger charge is 2.12. The number of allylic oxidation sites excluding steroid dienone is 5. The molecule has 1 aliphatic rings. The molecule has 3 nitrogen and oxygen atoms in total. The van der Waals surface area contributed by atoms with Crippen LogP contribution >= 0.6 is 0 Å². The number of rotatable bonds is 0. The smallest absolute Gasteiger partial charge is 0.102 e. The van der Waals surface area contributed by atoms with Gasteiger partial charge in [-0.2, -0.15) is 10.5 Å². The summed E-state index contributed by atoms with van der Waals surface area (Å²) >= 11 is 0. The standard InChI is InChI=1S/C8H3N3/c9-3-6-1-2-7(4-10)8(6)5-11/h1-2,9H. The van der Waals surface area contributed by atoms with Crippen molar-refractivity contribution in [1.29, 1.82) is 15.9 Å². The van der Waals surface area contributed by atoms with E-state index in [0.717, 1.165) is 0 Å². The van der Waals surface area contributed by atoms with Crippen molar-refractivity contribution in [2.45, 2.75) is 0 Å². The van der Waals surface area contributed by atoms with Gasteiger partial charge >= 0.3 is 0 Å². The second-order valence-corrected chi connectivity index (χ2v) is 1.88. The van der Waals surface area contributed by atoms with Gasteiger partial charge in [-0.25, -0.2) is 0 Å². The van der Waals surface area contributed by atoms with E-state index in [1.54, 1.807) is 0 Å². The van der Waals surface area contributed by atoms with Crippen molar-refractivity contribution < 1.29 is 0 Å². The first kappa shape index (κ1) is 7.02. The third kappa shape index (κ3) is 0.966. The summed E-state index contributed by atoms with van der Waals surface area (Å²) in [7, 11) is 0. The van der Waals surface area contributed by atoms with Crippen molar-refractivity contribution in [2.24, 2.45) is 0 Å². The van der Waals surface area contributed by atoms with E-state index in [1.165, 1.54) is 12.2 Å². The minimum atomic E-state index is 0.238. The maximum atomic E-state index is 8.53. The number of nitriles is 2. The second kappa shape index (κ2) is 2.66. The van der Waals surface area contributed by atoms with Gasteiger partial charge < -0.3 is 0 Å². The predicted octanol–water partition coefficient (Wildman–Crippen LogP) is 1.07. The zero-order valence-corrected chi connectivity index (χ0v) is 5.55. The summed E-state index contributed by atoms with van der Waals surface area (Å²) in [6, 6.07) is 3.70. The van der Waals surface area contributed by atoms with E-state index >= 15 is 0 Å². The Bertz CT molecular complexity index is 379. The highest BCUT2D eigenvalue weighted by atomic mass is 14.3. The Morgan fingerprint density at radius 1 is 1.18 bits per heavy atom. The summed E-state index contributed by atoms with van der Waals surface area (Å²) < 4.78 is 0. The van der Waals surface area contributed by atoms with Crippen molar-refractivity contribution in [2.75, 3.05) is 0 Å². The van der Waals surface area contributed by atoms with Gasteiger partial charge in [-0.15, -0.1) is 0 Å². The molecule has 0 aromatic heterocycles. The van der Waals surface area contributed by atoms with Gasteiger partial charge in [0.15, 0.2) is 0 Å². The minimum absolute atomic E-state index is 0.238. The summed E-state index contributed by atoms with van der Waals surface area (Å²) in [5, 5.41) is 23.8. The summed E-state index contributed by atoms with van der Waals surface area (Å²) in [5.41, 5.74) is 0.925. The summed E-state index contributed by atoms with van der Waals surface area (Å²) in [6.45, 7) is 0. The van der Waals surface area contributed by atoms with E-state index < -0.39 is 0 Å². The van der Waals surface area contributed by atoms with Crippen molar-refractivity contribution in [3.05, 3.63) is 28.9 Å². The molecule has 1 rings (SSSR count). The molecule has 0 saturated heterocycles. The van der Waals surface area contributed by atoms with E-state index in [2.05, 4.69) is 5.87 Å². The Hall–Kier alpha value is -2.09. The molecule has 1 aliphatic carbocycles. The minimum Gasteiger partial charge on any atom is -0.258 e. The normalized spacial score (nSPS) is 14.2. The maximum Gasteiger partial charge on any atom is 0.102 e. The van der Waals surface area contributed by atoms with Crippen molar-refractivity contribution in [1.82, 2.24) is 0 Å². The molecule has 0 bridgehead atoms. The third-order valence-corrected chi connectivity index (χ3v) is 1.32. The van der Waals surface area contributed by atoms with E-state index in [9.17, 15) is 0 Å². The fourth-order valence-electron chi connectivity index (χ4n) is 0.796. The van der Waals surface area contributed by atoms with Gasteiger partial charge in [0.1, 0.15) is 12.1 Å². The quantitative estimate of drug-likeness (QED) is 0.512. The highest BCUT2D eigenvalue weighted by Crippen LogP contribution is 2.20. The molecule has 0 atom stereocenters. The van der Waals surface area contributed by atoms with Crippen LogP contribution in [0.3, 0.4) is 0 Å². The lowest BCUT2D eigenvalue weighted by molar-refractivity contribution is 1.45. The van der Waals surface area contributed by atoms with Crippen LogP contribution in [0.2, 0.25) is 0 Å². The van der Waals surface area contributed by atoms with Gasteiger partial charge in [-0.3, -0.25) is 5.41 Å². The van der Waals surface area contributed by atoms with Crippen LogP contribution in [0.15, 0.2) is 28.9 Å². The first-order valence-electron chi connectivity index (χ1n) is 2.86. The Kier molecular flexibility index (Phi) is 1.70. The van der Waals surface area contributed by atoms with E-state index in [4.69, 9.17) is 15.9 Å². The lowest BCUT2D eigenvalue weighted by Crippen LogP contribution is -1.81. The van der Waals surface area contributed by atoms with Crippen LogP contribution in [-0.2, 0) is 0 Å². The van der Waals surface area contributed by atoms with Crippen molar-refractivity contribution >= 4 is 5.87 Å².